The predicted octanol–water partition coefficient (Wildman–Crippen LogP) is 2.14. The molecule has 1 unspecified atom stereocenters. The Morgan fingerprint density at radius 1 is 1.40 bits per heavy atom. The molecule has 0 saturated heterocycles. The Labute approximate surface area is 90.6 Å². The first kappa shape index (κ1) is 10.5. The van der Waals surface area contributed by atoms with Gasteiger partial charge in [0.1, 0.15) is 5.75 Å². The number of benzene rings is 1. The number of hydrazine groups is 1. The summed E-state index contributed by atoms with van der Waals surface area (Å²) in [6, 6.07) is 8.43. The predicted molar refractivity (Wildman–Crippen MR) is 60.4 cm³/mol. The summed E-state index contributed by atoms with van der Waals surface area (Å²) in [7, 11) is 0. The van der Waals surface area contributed by atoms with E-state index in [4.69, 9.17) is 10.6 Å². The SMILES string of the molecule is CCC(NN)c1ccc(OC2CC2)cc1. The van der Waals surface area contributed by atoms with Gasteiger partial charge >= 0.3 is 0 Å². The van der Waals surface area contributed by atoms with E-state index in [-0.39, 0.29) is 6.04 Å². The van der Waals surface area contributed by atoms with Gasteiger partial charge in [0, 0.05) is 6.04 Å². The van der Waals surface area contributed by atoms with E-state index in [9.17, 15) is 0 Å². The fraction of sp³-hybridized carbons (Fsp3) is 0.500. The molecule has 0 radical (unpaired) electrons. The van der Waals surface area contributed by atoms with Crippen LogP contribution in [0.2, 0.25) is 0 Å². The highest BCUT2D eigenvalue weighted by molar-refractivity contribution is 5.29. The van der Waals surface area contributed by atoms with Gasteiger partial charge < -0.3 is 4.74 Å². The maximum Gasteiger partial charge on any atom is 0.119 e. The molecule has 2 rings (SSSR count). The molecule has 82 valence electrons. The Morgan fingerprint density at radius 3 is 2.53 bits per heavy atom. The molecule has 0 aliphatic heterocycles. The third-order valence-corrected chi connectivity index (χ3v) is 2.72. The van der Waals surface area contributed by atoms with Gasteiger partial charge in [-0.15, -0.1) is 0 Å². The third-order valence-electron chi connectivity index (χ3n) is 2.72. The van der Waals surface area contributed by atoms with Crippen molar-refractivity contribution in [2.45, 2.75) is 38.3 Å². The van der Waals surface area contributed by atoms with Gasteiger partial charge in [-0.2, -0.15) is 0 Å². The van der Waals surface area contributed by atoms with E-state index < -0.39 is 0 Å². The summed E-state index contributed by atoms with van der Waals surface area (Å²) < 4.78 is 5.68. The molecule has 0 spiro atoms. The van der Waals surface area contributed by atoms with Gasteiger partial charge in [0.25, 0.3) is 0 Å². The average Bonchev–Trinajstić information content (AvgIpc) is 3.06. The summed E-state index contributed by atoms with van der Waals surface area (Å²) in [4.78, 5) is 0. The summed E-state index contributed by atoms with van der Waals surface area (Å²) in [5.41, 5.74) is 4.01. The van der Waals surface area contributed by atoms with Crippen molar-refractivity contribution in [3.8, 4) is 5.75 Å². The Bertz CT molecular complexity index is 302. The highest BCUT2D eigenvalue weighted by Gasteiger charge is 2.23. The normalized spacial score (nSPS) is 17.5. The maximum absolute atomic E-state index is 5.68. The Hall–Kier alpha value is -1.06. The molecule has 1 saturated carbocycles. The fourth-order valence-corrected chi connectivity index (χ4v) is 1.61. The Kier molecular flexibility index (Phi) is 3.23. The number of ether oxygens (including phenoxy) is 1. The molecular weight excluding hydrogens is 188 g/mol. The summed E-state index contributed by atoms with van der Waals surface area (Å²) >= 11 is 0. The van der Waals surface area contributed by atoms with E-state index >= 15 is 0 Å². The lowest BCUT2D eigenvalue weighted by Crippen LogP contribution is -2.27. The van der Waals surface area contributed by atoms with E-state index in [1.54, 1.807) is 0 Å². The van der Waals surface area contributed by atoms with Crippen LogP contribution in [0.5, 0.6) is 5.75 Å². The van der Waals surface area contributed by atoms with Gasteiger partial charge in [-0.1, -0.05) is 19.1 Å². The lowest BCUT2D eigenvalue weighted by molar-refractivity contribution is 0.303. The van der Waals surface area contributed by atoms with Crippen molar-refractivity contribution in [1.29, 1.82) is 0 Å². The molecule has 3 N–H and O–H groups in total. The van der Waals surface area contributed by atoms with Crippen LogP contribution >= 0.6 is 0 Å². The van der Waals surface area contributed by atoms with Crippen molar-refractivity contribution in [3.05, 3.63) is 29.8 Å². The van der Waals surface area contributed by atoms with E-state index in [2.05, 4.69) is 24.5 Å². The van der Waals surface area contributed by atoms with E-state index in [1.165, 1.54) is 18.4 Å². The van der Waals surface area contributed by atoms with Crippen LogP contribution in [0.25, 0.3) is 0 Å². The zero-order chi connectivity index (χ0) is 10.7. The number of rotatable bonds is 5. The second kappa shape index (κ2) is 4.64. The van der Waals surface area contributed by atoms with E-state index in [0.717, 1.165) is 12.2 Å². The molecule has 0 bridgehead atoms. The van der Waals surface area contributed by atoms with Gasteiger partial charge in [0.2, 0.25) is 0 Å². The fourth-order valence-electron chi connectivity index (χ4n) is 1.61. The molecular formula is C12H18N2O. The van der Waals surface area contributed by atoms with Crippen LogP contribution in [-0.2, 0) is 0 Å². The minimum atomic E-state index is 0.236. The first-order valence-electron chi connectivity index (χ1n) is 5.56. The average molecular weight is 206 g/mol. The zero-order valence-corrected chi connectivity index (χ0v) is 9.07. The molecule has 1 aromatic rings. The first-order valence-corrected chi connectivity index (χ1v) is 5.56. The van der Waals surface area contributed by atoms with Crippen LogP contribution < -0.4 is 16.0 Å². The molecule has 0 amide bonds. The lowest BCUT2D eigenvalue weighted by Gasteiger charge is -2.14. The molecule has 1 aliphatic rings. The number of hydrogen-bond acceptors (Lipinski definition) is 3. The third kappa shape index (κ3) is 2.70. The van der Waals surface area contributed by atoms with E-state index in [1.807, 2.05) is 12.1 Å². The van der Waals surface area contributed by atoms with Gasteiger partial charge in [-0.25, -0.2) is 0 Å². The van der Waals surface area contributed by atoms with Gasteiger partial charge in [0.15, 0.2) is 0 Å². The van der Waals surface area contributed by atoms with Crippen LogP contribution in [0.3, 0.4) is 0 Å². The molecule has 15 heavy (non-hydrogen) atoms. The molecule has 1 aliphatic carbocycles. The minimum Gasteiger partial charge on any atom is -0.490 e. The largest absolute Gasteiger partial charge is 0.490 e. The molecule has 1 atom stereocenters. The van der Waals surface area contributed by atoms with Crippen molar-refractivity contribution in [1.82, 2.24) is 5.43 Å². The van der Waals surface area contributed by atoms with Crippen LogP contribution in [-0.4, -0.2) is 6.10 Å². The number of hydrogen-bond donors (Lipinski definition) is 2. The van der Waals surface area contributed by atoms with Gasteiger partial charge in [-0.3, -0.25) is 11.3 Å². The monoisotopic (exact) mass is 206 g/mol. The van der Waals surface area contributed by atoms with Crippen LogP contribution in [0.1, 0.15) is 37.8 Å². The highest BCUT2D eigenvalue weighted by Crippen LogP contribution is 2.27. The summed E-state index contributed by atoms with van der Waals surface area (Å²) in [5.74, 6) is 6.43. The van der Waals surface area contributed by atoms with Crippen molar-refractivity contribution in [2.75, 3.05) is 0 Å². The maximum atomic E-state index is 5.68. The molecule has 1 aromatic carbocycles. The topological polar surface area (TPSA) is 47.3 Å². The number of nitrogens with two attached hydrogens (primary N) is 1. The van der Waals surface area contributed by atoms with Gasteiger partial charge in [-0.05, 0) is 37.0 Å². The first-order chi connectivity index (χ1) is 7.33. The molecule has 1 fully saturated rings. The second-order valence-electron chi connectivity index (χ2n) is 4.01. The standard InChI is InChI=1S/C12H18N2O/c1-2-12(14-13)9-3-5-10(6-4-9)15-11-7-8-11/h3-6,11-12,14H,2,7-8,13H2,1H3. The quantitative estimate of drug-likeness (QED) is 0.573. The van der Waals surface area contributed by atoms with Crippen molar-refractivity contribution in [2.24, 2.45) is 5.84 Å². The summed E-state index contributed by atoms with van der Waals surface area (Å²) in [5, 5.41) is 0. The Morgan fingerprint density at radius 2 is 2.07 bits per heavy atom. The van der Waals surface area contributed by atoms with Crippen molar-refractivity contribution < 1.29 is 4.74 Å². The van der Waals surface area contributed by atoms with Crippen LogP contribution in [0, 0.1) is 0 Å². The smallest absolute Gasteiger partial charge is 0.119 e. The zero-order valence-electron chi connectivity index (χ0n) is 9.07. The molecule has 3 nitrogen and oxygen atoms in total. The minimum absolute atomic E-state index is 0.236. The molecule has 0 aromatic heterocycles. The van der Waals surface area contributed by atoms with Crippen molar-refractivity contribution in [3.63, 3.8) is 0 Å². The molecule has 0 heterocycles. The van der Waals surface area contributed by atoms with E-state index in [0.29, 0.717) is 6.10 Å². The van der Waals surface area contributed by atoms with Crippen molar-refractivity contribution >= 4 is 0 Å². The van der Waals surface area contributed by atoms with Crippen LogP contribution in [0.4, 0.5) is 0 Å². The Balaban J connectivity index is 2.01. The van der Waals surface area contributed by atoms with Crippen LogP contribution in [0.15, 0.2) is 24.3 Å². The highest BCUT2D eigenvalue weighted by atomic mass is 16.5. The lowest BCUT2D eigenvalue weighted by atomic mass is 10.1. The molecule has 3 heteroatoms. The second-order valence-corrected chi connectivity index (χ2v) is 4.01. The summed E-state index contributed by atoms with van der Waals surface area (Å²) in [6.45, 7) is 2.11. The number of nitrogens with one attached hydrogen (secondary N) is 1. The summed E-state index contributed by atoms with van der Waals surface area (Å²) in [6.07, 6.45) is 3.85. The van der Waals surface area contributed by atoms with Gasteiger partial charge in [0.05, 0.1) is 6.10 Å².